The highest BCUT2D eigenvalue weighted by molar-refractivity contribution is 7.92. The summed E-state index contributed by atoms with van der Waals surface area (Å²) in [4.78, 5) is 28.1. The molecule has 0 aliphatic rings. The van der Waals surface area contributed by atoms with Crippen molar-refractivity contribution in [3.63, 3.8) is 0 Å². The highest BCUT2D eigenvalue weighted by atomic mass is 35.5. The minimum atomic E-state index is -4.15. The second-order valence-corrected chi connectivity index (χ2v) is 11.2. The molecule has 1 atom stereocenters. The molecule has 39 heavy (non-hydrogen) atoms. The lowest BCUT2D eigenvalue weighted by Crippen LogP contribution is -2.51. The summed E-state index contributed by atoms with van der Waals surface area (Å²) in [7, 11) is -2.66. The SMILES string of the molecule is CCOc1ccc(N(CC(=O)N(Cc2ccc(Cl)c(Cl)c2)[C@@H](CC)C(=O)NC)S(=O)(=O)c2ccccc2)cc1. The number of rotatable bonds is 12. The summed E-state index contributed by atoms with van der Waals surface area (Å²) in [6, 6.07) is 18.4. The Morgan fingerprint density at radius 1 is 0.949 bits per heavy atom. The van der Waals surface area contributed by atoms with Crippen LogP contribution >= 0.6 is 23.2 Å². The van der Waals surface area contributed by atoms with Gasteiger partial charge in [0, 0.05) is 13.6 Å². The van der Waals surface area contributed by atoms with Gasteiger partial charge in [0.15, 0.2) is 0 Å². The third-order valence-electron chi connectivity index (χ3n) is 6.02. The Labute approximate surface area is 239 Å². The average Bonchev–Trinajstić information content (AvgIpc) is 2.94. The van der Waals surface area contributed by atoms with Crippen LogP contribution in [0.4, 0.5) is 5.69 Å². The number of anilines is 1. The van der Waals surface area contributed by atoms with Crippen LogP contribution in [0.3, 0.4) is 0 Å². The first-order chi connectivity index (χ1) is 18.6. The van der Waals surface area contributed by atoms with Gasteiger partial charge >= 0.3 is 0 Å². The molecule has 0 bridgehead atoms. The zero-order valence-electron chi connectivity index (χ0n) is 21.9. The number of sulfonamides is 1. The van der Waals surface area contributed by atoms with Gasteiger partial charge in [-0.15, -0.1) is 0 Å². The Bertz CT molecular complexity index is 1390. The smallest absolute Gasteiger partial charge is 0.264 e. The van der Waals surface area contributed by atoms with Crippen LogP contribution in [0.25, 0.3) is 0 Å². The lowest BCUT2D eigenvalue weighted by Gasteiger charge is -2.33. The van der Waals surface area contributed by atoms with E-state index >= 15 is 0 Å². The van der Waals surface area contributed by atoms with Crippen LogP contribution in [0.2, 0.25) is 10.0 Å². The number of carbonyl (C=O) groups excluding carboxylic acids is 2. The van der Waals surface area contributed by atoms with E-state index in [0.717, 1.165) is 4.31 Å². The summed E-state index contributed by atoms with van der Waals surface area (Å²) in [6.07, 6.45) is 0.307. The topological polar surface area (TPSA) is 96.0 Å². The maximum Gasteiger partial charge on any atom is 0.264 e. The van der Waals surface area contributed by atoms with Gasteiger partial charge in [-0.05, 0) is 67.4 Å². The third kappa shape index (κ3) is 7.44. The number of ether oxygens (including phenoxy) is 1. The molecule has 3 rings (SSSR count). The van der Waals surface area contributed by atoms with E-state index in [4.69, 9.17) is 27.9 Å². The van der Waals surface area contributed by atoms with Crippen molar-refractivity contribution in [3.05, 3.63) is 88.4 Å². The number of hydrogen-bond donors (Lipinski definition) is 1. The summed E-state index contributed by atoms with van der Waals surface area (Å²) in [6.45, 7) is 3.55. The molecule has 0 heterocycles. The molecule has 0 aromatic heterocycles. The Morgan fingerprint density at radius 2 is 1.62 bits per heavy atom. The summed E-state index contributed by atoms with van der Waals surface area (Å²) in [5.74, 6) is -0.370. The monoisotopic (exact) mass is 591 g/mol. The number of halogens is 2. The van der Waals surface area contributed by atoms with Gasteiger partial charge in [0.05, 0.1) is 27.2 Å². The quantitative estimate of drug-likeness (QED) is 0.314. The van der Waals surface area contributed by atoms with Crippen molar-refractivity contribution in [2.45, 2.75) is 37.8 Å². The standard InChI is InChI=1S/C28H31Cl2N3O5S/c1-4-26(28(35)31-3)32(18-20-11-16-24(29)25(30)17-20)27(34)19-33(21-12-14-22(15-13-21)38-5-2)39(36,37)23-9-7-6-8-10-23/h6-17,26H,4-5,18-19H2,1-3H3,(H,31,35)/t26-/m0/s1. The van der Waals surface area contributed by atoms with Crippen LogP contribution in [0.15, 0.2) is 77.7 Å². The zero-order chi connectivity index (χ0) is 28.6. The van der Waals surface area contributed by atoms with E-state index in [-0.39, 0.29) is 23.0 Å². The number of nitrogens with one attached hydrogen (secondary N) is 1. The second-order valence-electron chi connectivity index (χ2n) is 8.56. The largest absolute Gasteiger partial charge is 0.494 e. The number of carbonyl (C=O) groups is 2. The number of nitrogens with zero attached hydrogens (tertiary/aromatic N) is 2. The highest BCUT2D eigenvalue weighted by Gasteiger charge is 2.33. The first-order valence-electron chi connectivity index (χ1n) is 12.4. The predicted molar refractivity (Wildman–Crippen MR) is 154 cm³/mol. The van der Waals surface area contributed by atoms with E-state index in [9.17, 15) is 18.0 Å². The lowest BCUT2D eigenvalue weighted by molar-refractivity contribution is -0.140. The van der Waals surface area contributed by atoms with Crippen molar-refractivity contribution in [3.8, 4) is 5.75 Å². The van der Waals surface area contributed by atoms with Crippen molar-refractivity contribution in [2.24, 2.45) is 0 Å². The summed E-state index contributed by atoms with van der Waals surface area (Å²) in [5.41, 5.74) is 0.914. The molecule has 0 radical (unpaired) electrons. The van der Waals surface area contributed by atoms with Crippen LogP contribution in [-0.4, -0.2) is 51.4 Å². The van der Waals surface area contributed by atoms with Crippen LogP contribution in [0.1, 0.15) is 25.8 Å². The van der Waals surface area contributed by atoms with E-state index in [1.54, 1.807) is 67.6 Å². The van der Waals surface area contributed by atoms with Crippen molar-refractivity contribution < 1.29 is 22.7 Å². The molecule has 0 saturated carbocycles. The first kappa shape index (κ1) is 30.3. The van der Waals surface area contributed by atoms with E-state index in [0.29, 0.717) is 34.4 Å². The van der Waals surface area contributed by atoms with Gasteiger partial charge < -0.3 is 15.0 Å². The summed E-state index contributed by atoms with van der Waals surface area (Å²) < 4.78 is 34.1. The van der Waals surface area contributed by atoms with Gasteiger partial charge in [-0.2, -0.15) is 0 Å². The van der Waals surface area contributed by atoms with Crippen LogP contribution in [-0.2, 0) is 26.2 Å². The van der Waals surface area contributed by atoms with Gasteiger partial charge in [0.1, 0.15) is 18.3 Å². The number of benzene rings is 3. The Balaban J connectivity index is 2.05. The maximum atomic E-state index is 13.9. The molecule has 0 unspecified atom stereocenters. The highest BCUT2D eigenvalue weighted by Crippen LogP contribution is 2.28. The van der Waals surface area contributed by atoms with E-state index < -0.39 is 28.5 Å². The predicted octanol–water partition coefficient (Wildman–Crippen LogP) is 5.14. The molecule has 0 fully saturated rings. The number of likely N-dealkylation sites (N-methyl/N-ethyl adjacent to an activating group) is 1. The summed E-state index contributed by atoms with van der Waals surface area (Å²) in [5, 5.41) is 3.25. The molecular formula is C28H31Cl2N3O5S. The van der Waals surface area contributed by atoms with Crippen LogP contribution in [0.5, 0.6) is 5.75 Å². The van der Waals surface area contributed by atoms with Gasteiger partial charge in [0.25, 0.3) is 10.0 Å². The molecule has 3 aromatic carbocycles. The van der Waals surface area contributed by atoms with E-state index in [2.05, 4.69) is 5.32 Å². The van der Waals surface area contributed by atoms with Crippen molar-refractivity contribution >= 4 is 50.7 Å². The Kier molecular flexibility index (Phi) is 10.6. The zero-order valence-corrected chi connectivity index (χ0v) is 24.3. The molecule has 3 aromatic rings. The minimum absolute atomic E-state index is 0.0180. The third-order valence-corrected chi connectivity index (χ3v) is 8.54. The molecule has 8 nitrogen and oxygen atoms in total. The number of amides is 2. The Hall–Kier alpha value is -3.27. The molecular weight excluding hydrogens is 561 g/mol. The van der Waals surface area contributed by atoms with Crippen molar-refractivity contribution in [1.82, 2.24) is 10.2 Å². The fourth-order valence-corrected chi connectivity index (χ4v) is 5.80. The fourth-order valence-electron chi connectivity index (χ4n) is 4.04. The van der Waals surface area contributed by atoms with Gasteiger partial charge in [0.2, 0.25) is 11.8 Å². The molecule has 0 aliphatic carbocycles. The minimum Gasteiger partial charge on any atom is -0.494 e. The van der Waals surface area contributed by atoms with E-state index in [1.165, 1.54) is 24.1 Å². The van der Waals surface area contributed by atoms with Gasteiger partial charge in [-0.1, -0.05) is 54.4 Å². The van der Waals surface area contributed by atoms with Gasteiger partial charge in [-0.3, -0.25) is 13.9 Å². The molecule has 208 valence electrons. The fraction of sp³-hybridized carbons (Fsp3) is 0.286. The molecule has 2 amide bonds. The number of hydrogen-bond acceptors (Lipinski definition) is 5. The van der Waals surface area contributed by atoms with Crippen molar-refractivity contribution in [1.29, 1.82) is 0 Å². The Morgan fingerprint density at radius 3 is 2.18 bits per heavy atom. The first-order valence-corrected chi connectivity index (χ1v) is 14.6. The van der Waals surface area contributed by atoms with Crippen LogP contribution < -0.4 is 14.4 Å². The van der Waals surface area contributed by atoms with E-state index in [1.807, 2.05) is 6.92 Å². The molecule has 0 spiro atoms. The normalized spacial score (nSPS) is 11.9. The van der Waals surface area contributed by atoms with Gasteiger partial charge in [-0.25, -0.2) is 8.42 Å². The summed E-state index contributed by atoms with van der Waals surface area (Å²) >= 11 is 12.3. The van der Waals surface area contributed by atoms with Crippen molar-refractivity contribution in [2.75, 3.05) is 24.5 Å². The second kappa shape index (κ2) is 13.7. The van der Waals surface area contributed by atoms with Crippen LogP contribution in [0, 0.1) is 0 Å². The average molecular weight is 593 g/mol. The molecule has 0 saturated heterocycles. The molecule has 0 aliphatic heterocycles. The molecule has 1 N–H and O–H groups in total. The maximum absolute atomic E-state index is 13.9. The molecule has 11 heteroatoms. The lowest BCUT2D eigenvalue weighted by atomic mass is 10.1.